The first kappa shape index (κ1) is 11.9. The van der Waals surface area contributed by atoms with Crippen molar-refractivity contribution in [2.24, 2.45) is 0 Å². The molecule has 0 fully saturated rings. The Morgan fingerprint density at radius 1 is 1.59 bits per heavy atom. The number of carbonyl (C=O) groups excluding carboxylic acids is 1. The van der Waals surface area contributed by atoms with Gasteiger partial charge in [-0.15, -0.1) is 0 Å². The largest absolute Gasteiger partial charge is 0.399 e. The van der Waals surface area contributed by atoms with Crippen molar-refractivity contribution in [3.8, 4) is 0 Å². The summed E-state index contributed by atoms with van der Waals surface area (Å²) in [7, 11) is 0. The lowest BCUT2D eigenvalue weighted by atomic mass is 10.00. The first-order chi connectivity index (χ1) is 8.13. The van der Waals surface area contributed by atoms with Gasteiger partial charge in [-0.3, -0.25) is 10.0 Å². The third-order valence-electron chi connectivity index (χ3n) is 3.23. The molecule has 4 heteroatoms. The summed E-state index contributed by atoms with van der Waals surface area (Å²) in [6, 6.07) is 5.64. The van der Waals surface area contributed by atoms with Crippen LogP contribution in [0.2, 0.25) is 0 Å². The maximum absolute atomic E-state index is 12.0. The minimum absolute atomic E-state index is 0.199. The van der Waals surface area contributed by atoms with Gasteiger partial charge >= 0.3 is 0 Å². The van der Waals surface area contributed by atoms with Crippen LogP contribution in [-0.4, -0.2) is 22.7 Å². The maximum Gasteiger partial charge on any atom is 0.253 e. The number of amides is 1. The molecule has 0 bridgehead atoms. The van der Waals surface area contributed by atoms with Gasteiger partial charge in [0.1, 0.15) is 0 Å². The van der Waals surface area contributed by atoms with Gasteiger partial charge < -0.3 is 5.73 Å². The number of hydrogen-bond acceptors (Lipinski definition) is 3. The zero-order valence-electron chi connectivity index (χ0n) is 10.0. The molecule has 1 aliphatic rings. The van der Waals surface area contributed by atoms with E-state index in [1.165, 1.54) is 0 Å². The third-order valence-corrected chi connectivity index (χ3v) is 3.23. The van der Waals surface area contributed by atoms with E-state index < -0.39 is 0 Å². The van der Waals surface area contributed by atoms with Gasteiger partial charge in [-0.05, 0) is 42.5 Å². The number of anilines is 1. The van der Waals surface area contributed by atoms with Crippen molar-refractivity contribution in [2.75, 3.05) is 12.3 Å². The van der Waals surface area contributed by atoms with Gasteiger partial charge in [0.15, 0.2) is 0 Å². The third kappa shape index (κ3) is 2.26. The van der Waals surface area contributed by atoms with Gasteiger partial charge in [-0.1, -0.05) is 13.0 Å². The molecule has 0 radical (unpaired) electrons. The molecule has 2 rings (SSSR count). The van der Waals surface area contributed by atoms with E-state index >= 15 is 0 Å². The zero-order chi connectivity index (χ0) is 12.4. The number of rotatable bonds is 3. The molecule has 0 saturated heterocycles. The summed E-state index contributed by atoms with van der Waals surface area (Å²) in [6.45, 7) is 2.32. The molecule has 4 nitrogen and oxygen atoms in total. The summed E-state index contributed by atoms with van der Waals surface area (Å²) in [5.41, 5.74) is 8.59. The van der Waals surface area contributed by atoms with Gasteiger partial charge in [0.05, 0.1) is 5.92 Å². The van der Waals surface area contributed by atoms with Crippen molar-refractivity contribution < 1.29 is 10.0 Å². The number of hydrogen-bond donors (Lipinski definition) is 2. The van der Waals surface area contributed by atoms with Crippen LogP contribution in [0.15, 0.2) is 18.2 Å². The van der Waals surface area contributed by atoms with Gasteiger partial charge in [0, 0.05) is 12.2 Å². The Labute approximate surface area is 101 Å². The molecule has 0 saturated carbocycles. The summed E-state index contributed by atoms with van der Waals surface area (Å²) in [5, 5.41) is 10.5. The van der Waals surface area contributed by atoms with Crippen LogP contribution in [-0.2, 0) is 11.2 Å². The van der Waals surface area contributed by atoms with Crippen molar-refractivity contribution in [1.29, 1.82) is 0 Å². The Hall–Kier alpha value is -1.55. The summed E-state index contributed by atoms with van der Waals surface area (Å²) in [4.78, 5) is 12.0. The van der Waals surface area contributed by atoms with E-state index in [0.717, 1.165) is 41.1 Å². The number of benzene rings is 1. The second-order valence-electron chi connectivity index (χ2n) is 4.51. The highest BCUT2D eigenvalue weighted by Gasteiger charge is 2.31. The second kappa shape index (κ2) is 4.75. The van der Waals surface area contributed by atoms with Crippen LogP contribution in [0.5, 0.6) is 0 Å². The van der Waals surface area contributed by atoms with E-state index in [-0.39, 0.29) is 11.8 Å². The molecule has 1 aromatic carbocycles. The average Bonchev–Trinajstić information content (AvgIpc) is 2.71. The SMILES string of the molecule is CCCN(O)C(=O)[C@H]1CCc2cc(N)ccc21. The lowest BCUT2D eigenvalue weighted by molar-refractivity contribution is -0.167. The summed E-state index contributed by atoms with van der Waals surface area (Å²) in [6.07, 6.45) is 2.37. The Balaban J connectivity index is 2.19. The van der Waals surface area contributed by atoms with E-state index in [1.807, 2.05) is 25.1 Å². The van der Waals surface area contributed by atoms with E-state index in [2.05, 4.69) is 0 Å². The quantitative estimate of drug-likeness (QED) is 0.477. The average molecular weight is 234 g/mol. The van der Waals surface area contributed by atoms with E-state index in [4.69, 9.17) is 5.73 Å². The predicted octanol–water partition coefficient (Wildman–Crippen LogP) is 1.93. The highest BCUT2D eigenvalue weighted by Crippen LogP contribution is 2.35. The minimum Gasteiger partial charge on any atom is -0.399 e. The standard InChI is InChI=1S/C13H18N2O2/c1-2-7-15(17)13(16)12-5-3-9-8-10(14)4-6-11(9)12/h4,6,8,12,17H,2-3,5,7,14H2,1H3/t12-/m0/s1. The predicted molar refractivity (Wildman–Crippen MR) is 65.7 cm³/mol. The molecular formula is C13H18N2O2. The molecule has 1 aromatic rings. The Morgan fingerprint density at radius 2 is 2.35 bits per heavy atom. The van der Waals surface area contributed by atoms with Gasteiger partial charge in [-0.2, -0.15) is 0 Å². The molecule has 1 amide bonds. The van der Waals surface area contributed by atoms with E-state index in [1.54, 1.807) is 0 Å². The monoisotopic (exact) mass is 234 g/mol. The molecule has 0 heterocycles. The first-order valence-corrected chi connectivity index (χ1v) is 6.02. The molecule has 0 aromatic heterocycles. The smallest absolute Gasteiger partial charge is 0.253 e. The number of aryl methyl sites for hydroxylation is 1. The van der Waals surface area contributed by atoms with Crippen LogP contribution in [0, 0.1) is 0 Å². The minimum atomic E-state index is -0.206. The topological polar surface area (TPSA) is 66.6 Å². The number of fused-ring (bicyclic) bond motifs is 1. The molecule has 0 spiro atoms. The summed E-state index contributed by atoms with van der Waals surface area (Å²) < 4.78 is 0. The molecule has 0 aliphatic heterocycles. The van der Waals surface area contributed by atoms with Gasteiger partial charge in [0.25, 0.3) is 5.91 Å². The zero-order valence-corrected chi connectivity index (χ0v) is 10.0. The van der Waals surface area contributed by atoms with Crippen molar-refractivity contribution in [1.82, 2.24) is 5.06 Å². The lowest BCUT2D eigenvalue weighted by Gasteiger charge is -2.19. The lowest BCUT2D eigenvalue weighted by Crippen LogP contribution is -2.32. The van der Waals surface area contributed by atoms with Crippen LogP contribution in [0.25, 0.3) is 0 Å². The molecule has 3 N–H and O–H groups in total. The Kier molecular flexibility index (Phi) is 3.33. The highest BCUT2D eigenvalue weighted by molar-refractivity contribution is 5.84. The summed E-state index contributed by atoms with van der Waals surface area (Å²) in [5.74, 6) is -0.405. The maximum atomic E-state index is 12.0. The number of nitrogens with two attached hydrogens (primary N) is 1. The fraction of sp³-hybridized carbons (Fsp3) is 0.462. The van der Waals surface area contributed by atoms with Crippen LogP contribution in [0.1, 0.15) is 36.8 Å². The van der Waals surface area contributed by atoms with Crippen LogP contribution >= 0.6 is 0 Å². The number of nitrogens with zero attached hydrogens (tertiary/aromatic N) is 1. The van der Waals surface area contributed by atoms with E-state index in [9.17, 15) is 10.0 Å². The van der Waals surface area contributed by atoms with E-state index in [0.29, 0.717) is 6.54 Å². The van der Waals surface area contributed by atoms with Crippen LogP contribution in [0.4, 0.5) is 5.69 Å². The summed E-state index contributed by atoms with van der Waals surface area (Å²) >= 11 is 0. The highest BCUT2D eigenvalue weighted by atomic mass is 16.5. The fourth-order valence-electron chi connectivity index (χ4n) is 2.40. The van der Waals surface area contributed by atoms with Crippen molar-refractivity contribution >= 4 is 11.6 Å². The molecule has 1 aliphatic carbocycles. The number of nitrogen functional groups attached to an aromatic ring is 1. The molecule has 0 unspecified atom stereocenters. The van der Waals surface area contributed by atoms with Gasteiger partial charge in [0.2, 0.25) is 0 Å². The second-order valence-corrected chi connectivity index (χ2v) is 4.51. The molecule has 1 atom stereocenters. The van der Waals surface area contributed by atoms with Crippen molar-refractivity contribution in [3.63, 3.8) is 0 Å². The van der Waals surface area contributed by atoms with Crippen LogP contribution < -0.4 is 5.73 Å². The van der Waals surface area contributed by atoms with Crippen molar-refractivity contribution in [2.45, 2.75) is 32.1 Å². The Morgan fingerprint density at radius 3 is 3.06 bits per heavy atom. The Bertz CT molecular complexity index is 431. The normalized spacial score (nSPS) is 17.9. The first-order valence-electron chi connectivity index (χ1n) is 6.02. The van der Waals surface area contributed by atoms with Crippen LogP contribution in [0.3, 0.4) is 0 Å². The number of hydroxylamine groups is 2. The van der Waals surface area contributed by atoms with Crippen molar-refractivity contribution in [3.05, 3.63) is 29.3 Å². The number of carbonyl (C=O) groups is 1. The molecule has 17 heavy (non-hydrogen) atoms. The molecule has 92 valence electrons. The fourth-order valence-corrected chi connectivity index (χ4v) is 2.40. The van der Waals surface area contributed by atoms with Gasteiger partial charge in [-0.25, -0.2) is 5.06 Å². The molecular weight excluding hydrogens is 216 g/mol.